The molecule has 0 atom stereocenters. The minimum atomic E-state index is 0.149. The van der Waals surface area contributed by atoms with Gasteiger partial charge in [-0.15, -0.1) is 0 Å². The molecule has 0 radical (unpaired) electrons. The van der Waals surface area contributed by atoms with Gasteiger partial charge in [-0.3, -0.25) is 4.79 Å². The Labute approximate surface area is 173 Å². The monoisotopic (exact) mass is 412 g/mol. The second-order valence-corrected chi connectivity index (χ2v) is 7.23. The first-order valence-electron chi connectivity index (χ1n) is 9.57. The molecule has 0 saturated carbocycles. The number of piperazine rings is 1. The SMILES string of the molecule is O=C(CCCc1nc(-c2ccc(Cl)cc2)no1)N1CCN(c2ncccn2)CC1. The van der Waals surface area contributed by atoms with Crippen LogP contribution in [0.1, 0.15) is 18.7 Å². The van der Waals surface area contributed by atoms with Crippen LogP contribution in [0, 0.1) is 0 Å². The van der Waals surface area contributed by atoms with Crippen molar-refractivity contribution >= 4 is 23.5 Å². The Morgan fingerprint density at radius 3 is 2.52 bits per heavy atom. The number of anilines is 1. The molecule has 150 valence electrons. The van der Waals surface area contributed by atoms with Crippen molar-refractivity contribution in [3.05, 3.63) is 53.6 Å². The molecule has 1 aliphatic heterocycles. The fourth-order valence-electron chi connectivity index (χ4n) is 3.23. The van der Waals surface area contributed by atoms with Gasteiger partial charge < -0.3 is 14.3 Å². The maximum absolute atomic E-state index is 12.5. The first-order valence-corrected chi connectivity index (χ1v) is 9.95. The van der Waals surface area contributed by atoms with Gasteiger partial charge in [0.15, 0.2) is 0 Å². The van der Waals surface area contributed by atoms with E-state index < -0.39 is 0 Å². The lowest BCUT2D eigenvalue weighted by molar-refractivity contribution is -0.131. The van der Waals surface area contributed by atoms with E-state index in [0.717, 1.165) is 18.7 Å². The van der Waals surface area contributed by atoms with Gasteiger partial charge in [-0.2, -0.15) is 4.98 Å². The van der Waals surface area contributed by atoms with E-state index in [4.69, 9.17) is 16.1 Å². The van der Waals surface area contributed by atoms with Gasteiger partial charge in [0, 0.05) is 62.0 Å². The third-order valence-corrected chi connectivity index (χ3v) is 5.07. The van der Waals surface area contributed by atoms with Crippen LogP contribution in [0.5, 0.6) is 0 Å². The Morgan fingerprint density at radius 1 is 1.07 bits per heavy atom. The number of carbonyl (C=O) groups excluding carboxylic acids is 1. The first-order chi connectivity index (χ1) is 14.2. The van der Waals surface area contributed by atoms with E-state index in [0.29, 0.717) is 55.0 Å². The van der Waals surface area contributed by atoms with Crippen LogP contribution in [0.2, 0.25) is 5.02 Å². The summed E-state index contributed by atoms with van der Waals surface area (Å²) < 4.78 is 5.30. The average Bonchev–Trinajstić information content (AvgIpc) is 3.24. The van der Waals surface area contributed by atoms with Crippen LogP contribution in [0.4, 0.5) is 5.95 Å². The fraction of sp³-hybridized carbons (Fsp3) is 0.350. The van der Waals surface area contributed by atoms with E-state index in [1.165, 1.54) is 0 Å². The van der Waals surface area contributed by atoms with E-state index in [2.05, 4.69) is 25.0 Å². The zero-order valence-corrected chi connectivity index (χ0v) is 16.6. The second-order valence-electron chi connectivity index (χ2n) is 6.79. The number of aryl methyl sites for hydroxylation is 1. The van der Waals surface area contributed by atoms with Gasteiger partial charge in [-0.05, 0) is 36.8 Å². The summed E-state index contributed by atoms with van der Waals surface area (Å²) in [6, 6.07) is 9.07. The van der Waals surface area contributed by atoms with Gasteiger partial charge in [0.05, 0.1) is 0 Å². The molecule has 3 aromatic rings. The number of carbonyl (C=O) groups is 1. The van der Waals surface area contributed by atoms with Crippen LogP contribution in [0.15, 0.2) is 47.2 Å². The van der Waals surface area contributed by atoms with Gasteiger partial charge in [0.2, 0.25) is 23.6 Å². The lowest BCUT2D eigenvalue weighted by atomic mass is 10.2. The zero-order chi connectivity index (χ0) is 20.1. The van der Waals surface area contributed by atoms with E-state index in [1.54, 1.807) is 30.6 Å². The standard InChI is InChI=1S/C20H21ClN6O2/c21-16-7-5-15(6-8-16)19-24-17(29-25-19)3-1-4-18(28)26-11-13-27(14-12-26)20-22-9-2-10-23-20/h2,5-10H,1,3-4,11-14H2. The lowest BCUT2D eigenvalue weighted by Gasteiger charge is -2.34. The molecule has 0 N–H and O–H groups in total. The molecule has 29 heavy (non-hydrogen) atoms. The third kappa shape index (κ3) is 4.89. The van der Waals surface area contributed by atoms with Crippen molar-refractivity contribution in [3.8, 4) is 11.4 Å². The van der Waals surface area contributed by atoms with Gasteiger partial charge in [-0.1, -0.05) is 16.8 Å². The number of nitrogens with zero attached hydrogens (tertiary/aromatic N) is 6. The Hall–Kier alpha value is -3.00. The smallest absolute Gasteiger partial charge is 0.226 e. The minimum Gasteiger partial charge on any atom is -0.339 e. The molecular formula is C20H21ClN6O2. The van der Waals surface area contributed by atoms with E-state index >= 15 is 0 Å². The van der Waals surface area contributed by atoms with Crippen LogP contribution < -0.4 is 4.90 Å². The van der Waals surface area contributed by atoms with Gasteiger partial charge in [0.1, 0.15) is 0 Å². The molecule has 9 heteroatoms. The number of rotatable bonds is 6. The number of hydrogen-bond donors (Lipinski definition) is 0. The average molecular weight is 413 g/mol. The van der Waals surface area contributed by atoms with E-state index in [9.17, 15) is 4.79 Å². The normalized spacial score (nSPS) is 14.2. The Balaban J connectivity index is 1.22. The van der Waals surface area contributed by atoms with Crippen molar-refractivity contribution in [3.63, 3.8) is 0 Å². The van der Waals surface area contributed by atoms with Crippen molar-refractivity contribution < 1.29 is 9.32 Å². The van der Waals surface area contributed by atoms with Gasteiger partial charge in [0.25, 0.3) is 0 Å². The highest BCUT2D eigenvalue weighted by atomic mass is 35.5. The van der Waals surface area contributed by atoms with Crippen LogP contribution in [-0.4, -0.2) is 57.1 Å². The molecule has 2 aromatic heterocycles. The fourth-order valence-corrected chi connectivity index (χ4v) is 3.36. The topological polar surface area (TPSA) is 88.3 Å². The molecule has 1 fully saturated rings. The van der Waals surface area contributed by atoms with Crippen LogP contribution in [0.3, 0.4) is 0 Å². The molecule has 1 amide bonds. The second kappa shape index (κ2) is 9.00. The number of amides is 1. The molecule has 4 rings (SSSR count). The first kappa shape index (κ1) is 19.3. The molecule has 0 unspecified atom stereocenters. The molecule has 3 heterocycles. The Bertz CT molecular complexity index is 939. The zero-order valence-electron chi connectivity index (χ0n) is 15.9. The maximum atomic E-state index is 12.5. The number of benzene rings is 1. The summed E-state index contributed by atoms with van der Waals surface area (Å²) in [4.78, 5) is 29.4. The largest absolute Gasteiger partial charge is 0.339 e. The molecule has 0 aliphatic carbocycles. The van der Waals surface area contributed by atoms with Crippen LogP contribution in [0.25, 0.3) is 11.4 Å². The van der Waals surface area contributed by atoms with Gasteiger partial charge in [-0.25, -0.2) is 9.97 Å². The molecule has 0 bridgehead atoms. The van der Waals surface area contributed by atoms with Gasteiger partial charge >= 0.3 is 0 Å². The lowest BCUT2D eigenvalue weighted by Crippen LogP contribution is -2.49. The van der Waals surface area contributed by atoms with Crippen molar-refractivity contribution in [2.75, 3.05) is 31.1 Å². The van der Waals surface area contributed by atoms with E-state index in [-0.39, 0.29) is 5.91 Å². The number of aromatic nitrogens is 4. The molecule has 8 nitrogen and oxygen atoms in total. The minimum absolute atomic E-state index is 0.149. The summed E-state index contributed by atoms with van der Waals surface area (Å²) in [6.07, 6.45) is 5.17. The highest BCUT2D eigenvalue weighted by Crippen LogP contribution is 2.19. The van der Waals surface area contributed by atoms with Crippen LogP contribution >= 0.6 is 11.6 Å². The molecule has 1 saturated heterocycles. The predicted octanol–water partition coefficient (Wildman–Crippen LogP) is 2.85. The van der Waals surface area contributed by atoms with Crippen LogP contribution in [-0.2, 0) is 11.2 Å². The quantitative estimate of drug-likeness (QED) is 0.615. The van der Waals surface area contributed by atoms with E-state index in [1.807, 2.05) is 17.0 Å². The summed E-state index contributed by atoms with van der Waals surface area (Å²) in [6.45, 7) is 2.84. The number of hydrogen-bond acceptors (Lipinski definition) is 7. The summed E-state index contributed by atoms with van der Waals surface area (Å²) in [5, 5.41) is 4.66. The Kier molecular flexibility index (Phi) is 6.00. The van der Waals surface area contributed by atoms with Crippen molar-refractivity contribution in [2.45, 2.75) is 19.3 Å². The van der Waals surface area contributed by atoms with Crippen molar-refractivity contribution in [2.24, 2.45) is 0 Å². The molecule has 1 aliphatic rings. The summed E-state index contributed by atoms with van der Waals surface area (Å²) in [5.74, 6) is 1.93. The van der Waals surface area contributed by atoms with Crippen molar-refractivity contribution in [1.29, 1.82) is 0 Å². The summed E-state index contributed by atoms with van der Waals surface area (Å²) >= 11 is 5.90. The molecule has 0 spiro atoms. The highest BCUT2D eigenvalue weighted by Gasteiger charge is 2.22. The number of halogens is 1. The highest BCUT2D eigenvalue weighted by molar-refractivity contribution is 6.30. The summed E-state index contributed by atoms with van der Waals surface area (Å²) in [7, 11) is 0. The molecular weight excluding hydrogens is 392 g/mol. The summed E-state index contributed by atoms with van der Waals surface area (Å²) in [5.41, 5.74) is 0.848. The Morgan fingerprint density at radius 2 is 1.79 bits per heavy atom. The maximum Gasteiger partial charge on any atom is 0.226 e. The predicted molar refractivity (Wildman–Crippen MR) is 109 cm³/mol. The third-order valence-electron chi connectivity index (χ3n) is 4.82. The molecule has 1 aromatic carbocycles. The van der Waals surface area contributed by atoms with Crippen molar-refractivity contribution in [1.82, 2.24) is 25.0 Å².